The van der Waals surface area contributed by atoms with E-state index in [0.717, 1.165) is 5.56 Å². The Balaban J connectivity index is 2.42. The quantitative estimate of drug-likeness (QED) is 0.839. The van der Waals surface area contributed by atoms with E-state index in [1.54, 1.807) is 0 Å². The summed E-state index contributed by atoms with van der Waals surface area (Å²) >= 11 is 5.82. The third-order valence-electron chi connectivity index (χ3n) is 2.75. The standard InChI is InChI=1S/C13H20ClNO2S/c1-3-9-18(16,17)10-8-15-11(2)12-4-6-13(14)7-5-12/h4-7,11,15H,3,8-10H2,1-2H3/t11-/m0/s1. The first kappa shape index (κ1) is 15.5. The maximum atomic E-state index is 11.5. The van der Waals surface area contributed by atoms with Gasteiger partial charge in [-0.1, -0.05) is 30.7 Å². The SMILES string of the molecule is CCCS(=O)(=O)CCN[C@@H](C)c1ccc(Cl)cc1. The third-order valence-corrected chi connectivity index (χ3v) is 4.86. The fourth-order valence-corrected chi connectivity index (χ4v) is 3.09. The minimum absolute atomic E-state index is 0.124. The zero-order chi connectivity index (χ0) is 13.6. The minimum atomic E-state index is -2.90. The van der Waals surface area contributed by atoms with E-state index in [1.165, 1.54) is 0 Å². The van der Waals surface area contributed by atoms with Crippen molar-refractivity contribution in [2.45, 2.75) is 26.3 Å². The molecule has 0 aliphatic carbocycles. The maximum Gasteiger partial charge on any atom is 0.151 e. The lowest BCUT2D eigenvalue weighted by Crippen LogP contribution is -2.26. The van der Waals surface area contributed by atoms with Crippen molar-refractivity contribution in [3.8, 4) is 0 Å². The highest BCUT2D eigenvalue weighted by Gasteiger charge is 2.10. The zero-order valence-electron chi connectivity index (χ0n) is 10.8. The summed E-state index contributed by atoms with van der Waals surface area (Å²) in [5.41, 5.74) is 1.10. The van der Waals surface area contributed by atoms with Crippen LogP contribution in [0.2, 0.25) is 5.02 Å². The van der Waals surface area contributed by atoms with Gasteiger partial charge in [-0.25, -0.2) is 8.42 Å². The number of halogens is 1. The van der Waals surface area contributed by atoms with Crippen LogP contribution in [0.5, 0.6) is 0 Å². The van der Waals surface area contributed by atoms with Crippen molar-refractivity contribution in [2.24, 2.45) is 0 Å². The Bertz CT molecular complexity index is 456. The number of hydrogen-bond acceptors (Lipinski definition) is 3. The summed E-state index contributed by atoms with van der Waals surface area (Å²) in [6, 6.07) is 7.69. The molecule has 1 aromatic rings. The van der Waals surface area contributed by atoms with Gasteiger partial charge in [0, 0.05) is 23.4 Å². The largest absolute Gasteiger partial charge is 0.309 e. The molecule has 3 nitrogen and oxygen atoms in total. The van der Waals surface area contributed by atoms with Crippen molar-refractivity contribution >= 4 is 21.4 Å². The van der Waals surface area contributed by atoms with Crippen molar-refractivity contribution < 1.29 is 8.42 Å². The molecule has 18 heavy (non-hydrogen) atoms. The Morgan fingerprint density at radius 3 is 2.39 bits per heavy atom. The Labute approximate surface area is 114 Å². The van der Waals surface area contributed by atoms with Crippen molar-refractivity contribution in [3.63, 3.8) is 0 Å². The maximum absolute atomic E-state index is 11.5. The lowest BCUT2D eigenvalue weighted by atomic mass is 10.1. The molecule has 0 radical (unpaired) electrons. The predicted octanol–water partition coefficient (Wildman–Crippen LogP) is 2.82. The van der Waals surface area contributed by atoms with Crippen molar-refractivity contribution in [1.82, 2.24) is 5.32 Å². The number of sulfone groups is 1. The summed E-state index contributed by atoms with van der Waals surface area (Å²) in [4.78, 5) is 0. The van der Waals surface area contributed by atoms with E-state index >= 15 is 0 Å². The monoisotopic (exact) mass is 289 g/mol. The van der Waals surface area contributed by atoms with E-state index in [0.29, 0.717) is 18.0 Å². The number of hydrogen-bond donors (Lipinski definition) is 1. The molecule has 0 amide bonds. The molecule has 1 aromatic carbocycles. The highest BCUT2D eigenvalue weighted by molar-refractivity contribution is 7.91. The van der Waals surface area contributed by atoms with Crippen LogP contribution in [0, 0.1) is 0 Å². The second kappa shape index (κ2) is 7.12. The van der Waals surface area contributed by atoms with E-state index in [1.807, 2.05) is 38.1 Å². The number of rotatable bonds is 7. The van der Waals surface area contributed by atoms with Crippen molar-refractivity contribution in [3.05, 3.63) is 34.9 Å². The van der Waals surface area contributed by atoms with Gasteiger partial charge >= 0.3 is 0 Å². The summed E-state index contributed by atoms with van der Waals surface area (Å²) in [6.07, 6.45) is 0.676. The molecule has 0 fully saturated rings. The molecular weight excluding hydrogens is 270 g/mol. The van der Waals surface area contributed by atoms with Gasteiger partial charge in [0.15, 0.2) is 9.84 Å². The second-order valence-corrected chi connectivity index (χ2v) is 7.12. The lowest BCUT2D eigenvalue weighted by molar-refractivity contribution is 0.571. The first-order chi connectivity index (χ1) is 8.44. The fourth-order valence-electron chi connectivity index (χ4n) is 1.71. The van der Waals surface area contributed by atoms with E-state index < -0.39 is 9.84 Å². The fraction of sp³-hybridized carbons (Fsp3) is 0.538. The van der Waals surface area contributed by atoms with Gasteiger partial charge in [0.1, 0.15) is 0 Å². The van der Waals surface area contributed by atoms with Crippen molar-refractivity contribution in [2.75, 3.05) is 18.1 Å². The molecule has 0 heterocycles. The molecule has 5 heteroatoms. The normalized spacial score (nSPS) is 13.5. The first-order valence-electron chi connectivity index (χ1n) is 6.14. The molecule has 0 aromatic heterocycles. The van der Waals surface area contributed by atoms with Crippen LogP contribution in [-0.2, 0) is 9.84 Å². The van der Waals surface area contributed by atoms with Crippen LogP contribution < -0.4 is 5.32 Å². The molecule has 0 saturated heterocycles. The van der Waals surface area contributed by atoms with Crippen LogP contribution in [0.15, 0.2) is 24.3 Å². The average Bonchev–Trinajstić information content (AvgIpc) is 2.29. The second-order valence-electron chi connectivity index (χ2n) is 4.38. The van der Waals surface area contributed by atoms with E-state index in [2.05, 4.69) is 5.32 Å². The van der Waals surface area contributed by atoms with Gasteiger partial charge in [-0.05, 0) is 31.0 Å². The lowest BCUT2D eigenvalue weighted by Gasteiger charge is -2.14. The molecule has 102 valence electrons. The Hall–Kier alpha value is -0.580. The van der Waals surface area contributed by atoms with Gasteiger partial charge < -0.3 is 5.32 Å². The van der Waals surface area contributed by atoms with Gasteiger partial charge in [-0.2, -0.15) is 0 Å². The molecule has 1 rings (SSSR count). The van der Waals surface area contributed by atoms with Crippen LogP contribution in [0.3, 0.4) is 0 Å². The van der Waals surface area contributed by atoms with E-state index in [-0.39, 0.29) is 17.5 Å². The van der Waals surface area contributed by atoms with E-state index in [9.17, 15) is 8.42 Å². The Morgan fingerprint density at radius 2 is 1.83 bits per heavy atom. The van der Waals surface area contributed by atoms with Crippen molar-refractivity contribution in [1.29, 1.82) is 0 Å². The number of nitrogens with one attached hydrogen (secondary N) is 1. The predicted molar refractivity (Wildman–Crippen MR) is 76.8 cm³/mol. The highest BCUT2D eigenvalue weighted by atomic mass is 35.5. The summed E-state index contributed by atoms with van der Waals surface area (Å²) in [7, 11) is -2.90. The molecule has 1 N–H and O–H groups in total. The van der Waals surface area contributed by atoms with Gasteiger partial charge in [0.25, 0.3) is 0 Å². The smallest absolute Gasteiger partial charge is 0.151 e. The molecule has 0 bridgehead atoms. The summed E-state index contributed by atoms with van der Waals surface area (Å²) < 4.78 is 23.1. The summed E-state index contributed by atoms with van der Waals surface area (Å²) in [6.45, 7) is 4.36. The van der Waals surface area contributed by atoms with Crippen LogP contribution in [0.4, 0.5) is 0 Å². The van der Waals surface area contributed by atoms with Crippen LogP contribution in [-0.4, -0.2) is 26.5 Å². The van der Waals surface area contributed by atoms with E-state index in [4.69, 9.17) is 11.6 Å². The molecule has 0 spiro atoms. The van der Waals surface area contributed by atoms with Crippen LogP contribution in [0.1, 0.15) is 31.9 Å². The Morgan fingerprint density at radius 1 is 1.22 bits per heavy atom. The molecule has 1 atom stereocenters. The highest BCUT2D eigenvalue weighted by Crippen LogP contribution is 2.15. The zero-order valence-corrected chi connectivity index (χ0v) is 12.4. The average molecular weight is 290 g/mol. The molecular formula is C13H20ClNO2S. The molecule has 0 unspecified atom stereocenters. The van der Waals surface area contributed by atoms with Gasteiger partial charge in [0.2, 0.25) is 0 Å². The Kier molecular flexibility index (Phi) is 6.12. The van der Waals surface area contributed by atoms with Gasteiger partial charge in [-0.3, -0.25) is 0 Å². The summed E-state index contributed by atoms with van der Waals surface area (Å²) in [5, 5.41) is 3.92. The van der Waals surface area contributed by atoms with Crippen LogP contribution in [0.25, 0.3) is 0 Å². The minimum Gasteiger partial charge on any atom is -0.309 e. The first-order valence-corrected chi connectivity index (χ1v) is 8.34. The summed E-state index contributed by atoms with van der Waals surface area (Å²) in [5.74, 6) is 0.461. The molecule has 0 saturated carbocycles. The topological polar surface area (TPSA) is 46.2 Å². The number of benzene rings is 1. The molecule has 0 aliphatic heterocycles. The third kappa shape index (κ3) is 5.38. The van der Waals surface area contributed by atoms with Crippen LogP contribution >= 0.6 is 11.6 Å². The molecule has 0 aliphatic rings. The van der Waals surface area contributed by atoms with Gasteiger partial charge in [0.05, 0.1) is 5.75 Å². The van der Waals surface area contributed by atoms with Gasteiger partial charge in [-0.15, -0.1) is 0 Å².